The number of benzene rings is 1. The molecule has 8 heteroatoms. The van der Waals surface area contributed by atoms with Crippen molar-refractivity contribution < 1.29 is 22.7 Å². The summed E-state index contributed by atoms with van der Waals surface area (Å²) in [5.41, 5.74) is 0.455. The van der Waals surface area contributed by atoms with Crippen LogP contribution < -0.4 is 10.1 Å². The van der Waals surface area contributed by atoms with Crippen molar-refractivity contribution in [3.63, 3.8) is 0 Å². The number of pyridine rings is 1. The first-order chi connectivity index (χ1) is 10.9. The first kappa shape index (κ1) is 16.3. The van der Waals surface area contributed by atoms with Crippen LogP contribution in [0.25, 0.3) is 0 Å². The van der Waals surface area contributed by atoms with E-state index in [1.807, 2.05) is 0 Å². The number of halogens is 3. The minimum atomic E-state index is -4.50. The van der Waals surface area contributed by atoms with Crippen molar-refractivity contribution in [2.75, 3.05) is 11.9 Å². The van der Waals surface area contributed by atoms with Crippen LogP contribution in [0.3, 0.4) is 0 Å². The van der Waals surface area contributed by atoms with Crippen LogP contribution in [0.2, 0.25) is 0 Å². The molecule has 0 bridgehead atoms. The van der Waals surface area contributed by atoms with Crippen LogP contribution in [-0.4, -0.2) is 23.7 Å². The number of alkyl halides is 3. The quantitative estimate of drug-likeness (QED) is 0.938. The number of nitrogens with zero attached hydrogens (tertiary/aromatic N) is 2. The van der Waals surface area contributed by atoms with Crippen LogP contribution in [0.5, 0.6) is 5.75 Å². The van der Waals surface area contributed by atoms with Crippen LogP contribution in [0.1, 0.15) is 15.9 Å². The summed E-state index contributed by atoms with van der Waals surface area (Å²) in [6.45, 7) is -1.50. The predicted molar refractivity (Wildman–Crippen MR) is 74.9 cm³/mol. The Hall–Kier alpha value is -3.08. The molecule has 0 radical (unpaired) electrons. The van der Waals surface area contributed by atoms with Gasteiger partial charge in [0.25, 0.3) is 5.91 Å². The lowest BCUT2D eigenvalue weighted by Gasteiger charge is -2.11. The second-order valence-corrected chi connectivity index (χ2v) is 4.42. The van der Waals surface area contributed by atoms with E-state index in [-0.39, 0.29) is 17.0 Å². The summed E-state index contributed by atoms with van der Waals surface area (Å²) in [7, 11) is 0. The Morgan fingerprint density at radius 1 is 1.35 bits per heavy atom. The number of hydrogen-bond acceptors (Lipinski definition) is 4. The second-order valence-electron chi connectivity index (χ2n) is 4.42. The van der Waals surface area contributed by atoms with Gasteiger partial charge in [-0.25, -0.2) is 0 Å². The molecular formula is C15H10F3N3O2. The Morgan fingerprint density at radius 3 is 2.74 bits per heavy atom. The number of nitrogens with one attached hydrogen (secondary N) is 1. The van der Waals surface area contributed by atoms with E-state index in [1.165, 1.54) is 30.6 Å². The van der Waals surface area contributed by atoms with Gasteiger partial charge in [-0.3, -0.25) is 9.78 Å². The zero-order valence-electron chi connectivity index (χ0n) is 11.6. The molecule has 0 saturated heterocycles. The van der Waals surface area contributed by atoms with Crippen molar-refractivity contribution in [1.82, 2.24) is 4.98 Å². The fourth-order valence-corrected chi connectivity index (χ4v) is 1.68. The molecule has 5 nitrogen and oxygen atoms in total. The summed E-state index contributed by atoms with van der Waals surface area (Å²) in [4.78, 5) is 15.7. The van der Waals surface area contributed by atoms with Crippen molar-refractivity contribution in [1.29, 1.82) is 5.26 Å². The second kappa shape index (κ2) is 6.79. The molecule has 0 spiro atoms. The largest absolute Gasteiger partial charge is 0.483 e. The van der Waals surface area contributed by atoms with Crippen LogP contribution in [0.4, 0.5) is 18.9 Å². The maximum Gasteiger partial charge on any atom is 0.422 e. The van der Waals surface area contributed by atoms with Crippen molar-refractivity contribution in [2.45, 2.75) is 6.18 Å². The highest BCUT2D eigenvalue weighted by Crippen LogP contribution is 2.25. The number of ether oxygens (including phenoxy) is 1. The van der Waals surface area contributed by atoms with Gasteiger partial charge in [-0.15, -0.1) is 0 Å². The monoisotopic (exact) mass is 321 g/mol. The Labute approximate surface area is 129 Å². The van der Waals surface area contributed by atoms with E-state index in [2.05, 4.69) is 15.0 Å². The Kier molecular flexibility index (Phi) is 4.81. The summed E-state index contributed by atoms with van der Waals surface area (Å²) < 4.78 is 41.0. The lowest BCUT2D eigenvalue weighted by atomic mass is 10.2. The predicted octanol–water partition coefficient (Wildman–Crippen LogP) is 3.15. The lowest BCUT2D eigenvalue weighted by Crippen LogP contribution is -2.19. The molecule has 0 aliphatic rings. The smallest absolute Gasteiger partial charge is 0.422 e. The van der Waals surface area contributed by atoms with Crippen LogP contribution in [0.15, 0.2) is 42.7 Å². The topological polar surface area (TPSA) is 75.0 Å². The Balaban J connectivity index is 2.13. The molecule has 1 aromatic carbocycles. The number of aromatic nitrogens is 1. The van der Waals surface area contributed by atoms with Gasteiger partial charge in [-0.2, -0.15) is 18.4 Å². The van der Waals surface area contributed by atoms with Gasteiger partial charge in [0.15, 0.2) is 6.61 Å². The van der Waals surface area contributed by atoms with E-state index < -0.39 is 18.7 Å². The van der Waals surface area contributed by atoms with E-state index in [9.17, 15) is 18.0 Å². The van der Waals surface area contributed by atoms with E-state index in [1.54, 1.807) is 18.2 Å². The molecule has 2 aromatic rings. The van der Waals surface area contributed by atoms with Gasteiger partial charge in [0.1, 0.15) is 11.8 Å². The Bertz CT molecular complexity index is 740. The molecule has 0 atom stereocenters. The molecule has 1 N–H and O–H groups in total. The fourth-order valence-electron chi connectivity index (χ4n) is 1.68. The molecule has 2 rings (SSSR count). The van der Waals surface area contributed by atoms with Crippen LogP contribution in [0, 0.1) is 11.3 Å². The zero-order chi connectivity index (χ0) is 16.9. The molecule has 23 heavy (non-hydrogen) atoms. The maximum absolute atomic E-state index is 12.1. The number of nitriles is 1. The normalized spacial score (nSPS) is 10.7. The number of carbonyl (C=O) groups excluding carboxylic acids is 1. The molecule has 1 aromatic heterocycles. The molecule has 1 heterocycles. The number of anilines is 1. The first-order valence-corrected chi connectivity index (χ1v) is 6.34. The van der Waals surface area contributed by atoms with Crippen molar-refractivity contribution >= 4 is 11.6 Å². The number of amides is 1. The van der Waals surface area contributed by atoms with Gasteiger partial charge in [0.2, 0.25) is 0 Å². The molecule has 1 amide bonds. The molecule has 118 valence electrons. The zero-order valence-corrected chi connectivity index (χ0v) is 11.6. The fraction of sp³-hybridized carbons (Fsp3) is 0.133. The molecule has 0 aliphatic carbocycles. The number of hydrogen-bond donors (Lipinski definition) is 1. The molecular weight excluding hydrogens is 311 g/mol. The molecule has 0 fully saturated rings. The summed E-state index contributed by atoms with van der Waals surface area (Å²) >= 11 is 0. The van der Waals surface area contributed by atoms with E-state index in [0.717, 1.165) is 0 Å². The molecule has 0 saturated carbocycles. The highest BCUT2D eigenvalue weighted by atomic mass is 19.4. The Morgan fingerprint density at radius 2 is 2.13 bits per heavy atom. The highest BCUT2D eigenvalue weighted by molar-refractivity contribution is 6.04. The maximum atomic E-state index is 12.1. The minimum Gasteiger partial charge on any atom is -0.483 e. The standard InChI is InChI=1S/C15H10F3N3O2/c16-15(17,18)9-23-13-4-3-12(6-11(13)7-19)21-14(22)10-2-1-5-20-8-10/h1-6,8H,9H2,(H,21,22). The van der Waals surface area contributed by atoms with Crippen LogP contribution >= 0.6 is 0 Å². The van der Waals surface area contributed by atoms with Gasteiger partial charge in [-0.1, -0.05) is 0 Å². The minimum absolute atomic E-state index is 0.113. The van der Waals surface area contributed by atoms with Gasteiger partial charge in [-0.05, 0) is 30.3 Å². The third-order valence-electron chi connectivity index (χ3n) is 2.67. The van der Waals surface area contributed by atoms with E-state index in [4.69, 9.17) is 5.26 Å². The van der Waals surface area contributed by atoms with Crippen molar-refractivity contribution in [3.8, 4) is 11.8 Å². The van der Waals surface area contributed by atoms with Gasteiger partial charge < -0.3 is 10.1 Å². The highest BCUT2D eigenvalue weighted by Gasteiger charge is 2.28. The van der Waals surface area contributed by atoms with E-state index in [0.29, 0.717) is 5.56 Å². The van der Waals surface area contributed by atoms with Crippen molar-refractivity contribution in [2.24, 2.45) is 0 Å². The van der Waals surface area contributed by atoms with Gasteiger partial charge in [0, 0.05) is 18.1 Å². The summed E-state index contributed by atoms with van der Waals surface area (Å²) in [6.07, 6.45) is -1.63. The lowest BCUT2D eigenvalue weighted by molar-refractivity contribution is -0.153. The van der Waals surface area contributed by atoms with E-state index >= 15 is 0 Å². The third-order valence-corrected chi connectivity index (χ3v) is 2.67. The average molecular weight is 321 g/mol. The summed E-state index contributed by atoms with van der Waals surface area (Å²) in [6, 6.07) is 8.65. The summed E-state index contributed by atoms with van der Waals surface area (Å²) in [5, 5.41) is 11.5. The molecule has 0 unspecified atom stereocenters. The number of rotatable bonds is 4. The van der Waals surface area contributed by atoms with Crippen LogP contribution in [-0.2, 0) is 0 Å². The van der Waals surface area contributed by atoms with Gasteiger partial charge >= 0.3 is 6.18 Å². The average Bonchev–Trinajstić information content (AvgIpc) is 2.53. The summed E-state index contributed by atoms with van der Waals surface area (Å²) in [5.74, 6) is -0.657. The first-order valence-electron chi connectivity index (χ1n) is 6.34. The number of carbonyl (C=O) groups is 1. The molecule has 0 aliphatic heterocycles. The SMILES string of the molecule is N#Cc1cc(NC(=O)c2cccnc2)ccc1OCC(F)(F)F. The third kappa shape index (κ3) is 4.71. The van der Waals surface area contributed by atoms with Crippen molar-refractivity contribution in [3.05, 3.63) is 53.9 Å². The van der Waals surface area contributed by atoms with Gasteiger partial charge in [0.05, 0.1) is 11.1 Å².